The normalized spacial score (nSPS) is 12.0. The second-order valence-corrected chi connectivity index (χ2v) is 9.66. The maximum atomic E-state index is 12.0. The average molecular weight is 547 g/mol. The Morgan fingerprint density at radius 1 is 0.500 bits per heavy atom. The fourth-order valence-corrected chi connectivity index (χ4v) is 3.89. The Hall–Kier alpha value is -1.22. The molecule has 0 aromatic carbocycles. The van der Waals surface area contributed by atoms with Gasteiger partial charge in [-0.1, -0.05) is 85.0 Å². The van der Waals surface area contributed by atoms with E-state index in [0.717, 1.165) is 38.5 Å². The largest absolute Gasteiger partial charge is 0.463 e. The van der Waals surface area contributed by atoms with E-state index in [1.165, 1.54) is 44.9 Å². The highest BCUT2D eigenvalue weighted by atomic mass is 16.6. The van der Waals surface area contributed by atoms with Gasteiger partial charge in [-0.05, 0) is 19.3 Å². The van der Waals surface area contributed by atoms with Gasteiger partial charge in [0.25, 0.3) is 0 Å². The molecule has 0 spiro atoms. The molecule has 0 rings (SSSR count). The lowest BCUT2D eigenvalue weighted by atomic mass is 10.00. The van der Waals surface area contributed by atoms with Crippen LogP contribution in [0.3, 0.4) is 0 Å². The Morgan fingerprint density at radius 2 is 0.921 bits per heavy atom. The smallest absolute Gasteiger partial charge is 0.308 e. The Kier molecular flexibility index (Phi) is 29.3. The summed E-state index contributed by atoms with van der Waals surface area (Å²) >= 11 is 0. The minimum atomic E-state index is -0.137. The van der Waals surface area contributed by atoms with Crippen LogP contribution >= 0.6 is 0 Å². The Balaban J connectivity index is 3.27. The first-order valence-electron chi connectivity index (χ1n) is 15.3. The van der Waals surface area contributed by atoms with Crippen LogP contribution in [0.15, 0.2) is 0 Å². The van der Waals surface area contributed by atoms with Crippen molar-refractivity contribution in [2.75, 3.05) is 66.1 Å². The van der Waals surface area contributed by atoms with Gasteiger partial charge in [-0.15, -0.1) is 0 Å². The van der Waals surface area contributed by atoms with Gasteiger partial charge in [-0.25, -0.2) is 0 Å². The van der Waals surface area contributed by atoms with Gasteiger partial charge in [0.05, 0.1) is 58.8 Å². The highest BCUT2D eigenvalue weighted by Crippen LogP contribution is 2.14. The maximum absolute atomic E-state index is 12.0. The molecule has 1 atom stereocenters. The molecule has 0 aliphatic carbocycles. The standard InChI is InChI=1S/C30H58O8/c1-4-7-9-10-11-12-13-14-15-17-29(31)37-26-24-35-22-20-33-18-19-34-21-23-36-25-27-38-30(32)28(6-3)16-8-5-2/h28H,4-27H2,1-3H3. The third-order valence-electron chi connectivity index (χ3n) is 6.30. The van der Waals surface area contributed by atoms with E-state index in [0.29, 0.717) is 59.3 Å². The molecule has 8 heteroatoms. The van der Waals surface area contributed by atoms with E-state index in [4.69, 9.17) is 28.4 Å². The lowest BCUT2D eigenvalue weighted by molar-refractivity contribution is -0.150. The summed E-state index contributed by atoms with van der Waals surface area (Å²) in [5.41, 5.74) is 0. The van der Waals surface area contributed by atoms with Crippen LogP contribution in [0.5, 0.6) is 0 Å². The van der Waals surface area contributed by atoms with Crippen molar-refractivity contribution >= 4 is 11.9 Å². The van der Waals surface area contributed by atoms with Crippen LogP contribution in [-0.4, -0.2) is 78.0 Å². The van der Waals surface area contributed by atoms with Crippen molar-refractivity contribution in [3.05, 3.63) is 0 Å². The monoisotopic (exact) mass is 546 g/mol. The van der Waals surface area contributed by atoms with Crippen LogP contribution in [0, 0.1) is 5.92 Å². The number of hydrogen-bond donors (Lipinski definition) is 0. The molecule has 226 valence electrons. The quantitative estimate of drug-likeness (QED) is 0.0768. The van der Waals surface area contributed by atoms with Gasteiger partial charge in [-0.2, -0.15) is 0 Å². The number of esters is 2. The molecule has 1 unspecified atom stereocenters. The van der Waals surface area contributed by atoms with Gasteiger partial charge in [-0.3, -0.25) is 9.59 Å². The predicted octanol–water partition coefficient (Wildman–Crippen LogP) is 6.28. The fourth-order valence-electron chi connectivity index (χ4n) is 3.89. The van der Waals surface area contributed by atoms with Gasteiger partial charge in [0.1, 0.15) is 13.2 Å². The Morgan fingerprint density at radius 3 is 1.39 bits per heavy atom. The minimum Gasteiger partial charge on any atom is -0.463 e. The van der Waals surface area contributed by atoms with E-state index in [-0.39, 0.29) is 31.1 Å². The summed E-state index contributed by atoms with van der Waals surface area (Å²) in [5.74, 6) is -0.254. The van der Waals surface area contributed by atoms with Crippen molar-refractivity contribution in [1.29, 1.82) is 0 Å². The van der Waals surface area contributed by atoms with E-state index in [1.54, 1.807) is 0 Å². The molecule has 0 bridgehead atoms. The van der Waals surface area contributed by atoms with E-state index in [1.807, 2.05) is 6.92 Å². The first-order chi connectivity index (χ1) is 18.7. The molecular formula is C30H58O8. The molecule has 0 heterocycles. The first-order valence-corrected chi connectivity index (χ1v) is 15.3. The fraction of sp³-hybridized carbons (Fsp3) is 0.933. The van der Waals surface area contributed by atoms with Crippen molar-refractivity contribution in [2.45, 2.75) is 111 Å². The number of carbonyl (C=O) groups excluding carboxylic acids is 2. The van der Waals surface area contributed by atoms with Gasteiger partial charge < -0.3 is 28.4 Å². The van der Waals surface area contributed by atoms with Crippen molar-refractivity contribution < 1.29 is 38.0 Å². The third-order valence-corrected chi connectivity index (χ3v) is 6.30. The number of unbranched alkanes of at least 4 members (excludes halogenated alkanes) is 9. The van der Waals surface area contributed by atoms with Gasteiger partial charge in [0.2, 0.25) is 0 Å². The summed E-state index contributed by atoms with van der Waals surface area (Å²) < 4.78 is 32.2. The van der Waals surface area contributed by atoms with E-state index >= 15 is 0 Å². The lowest BCUT2D eigenvalue weighted by Crippen LogP contribution is -2.20. The highest BCUT2D eigenvalue weighted by molar-refractivity contribution is 5.72. The Bertz CT molecular complexity index is 514. The molecular weight excluding hydrogens is 488 g/mol. The van der Waals surface area contributed by atoms with Crippen molar-refractivity contribution in [1.82, 2.24) is 0 Å². The van der Waals surface area contributed by atoms with Crippen LogP contribution in [0.1, 0.15) is 111 Å². The SMILES string of the molecule is CCCCCCCCCCCC(=O)OCCOCCOCCOCCOCCOC(=O)C(CC)CCCC. The summed E-state index contributed by atoms with van der Waals surface area (Å²) in [4.78, 5) is 23.7. The molecule has 0 aromatic heterocycles. The third kappa shape index (κ3) is 26.4. The molecule has 0 aromatic rings. The molecule has 0 saturated heterocycles. The van der Waals surface area contributed by atoms with Crippen LogP contribution in [0.25, 0.3) is 0 Å². The number of hydrogen-bond acceptors (Lipinski definition) is 8. The average Bonchev–Trinajstić information content (AvgIpc) is 2.92. The topological polar surface area (TPSA) is 89.5 Å². The second-order valence-electron chi connectivity index (χ2n) is 9.66. The molecule has 0 N–H and O–H groups in total. The van der Waals surface area contributed by atoms with E-state index < -0.39 is 0 Å². The zero-order valence-corrected chi connectivity index (χ0v) is 24.8. The van der Waals surface area contributed by atoms with Crippen LogP contribution < -0.4 is 0 Å². The molecule has 0 fully saturated rings. The summed E-state index contributed by atoms with van der Waals surface area (Å²) in [6.45, 7) is 10.5. The number of carbonyl (C=O) groups is 2. The predicted molar refractivity (Wildman–Crippen MR) is 150 cm³/mol. The molecule has 8 nitrogen and oxygen atoms in total. The molecule has 0 radical (unpaired) electrons. The molecule has 0 amide bonds. The molecule has 38 heavy (non-hydrogen) atoms. The van der Waals surface area contributed by atoms with E-state index in [9.17, 15) is 9.59 Å². The van der Waals surface area contributed by atoms with Crippen molar-refractivity contribution in [3.8, 4) is 0 Å². The summed E-state index contributed by atoms with van der Waals surface area (Å²) in [7, 11) is 0. The Labute approximate surface area is 232 Å². The van der Waals surface area contributed by atoms with Gasteiger partial charge >= 0.3 is 11.9 Å². The zero-order valence-electron chi connectivity index (χ0n) is 24.8. The van der Waals surface area contributed by atoms with Crippen LogP contribution in [0.2, 0.25) is 0 Å². The number of ether oxygens (including phenoxy) is 6. The van der Waals surface area contributed by atoms with Crippen LogP contribution in [0.4, 0.5) is 0 Å². The molecule has 0 aliphatic heterocycles. The zero-order chi connectivity index (χ0) is 27.9. The van der Waals surface area contributed by atoms with E-state index in [2.05, 4.69) is 13.8 Å². The summed E-state index contributed by atoms with van der Waals surface area (Å²) in [5, 5.41) is 0. The van der Waals surface area contributed by atoms with Crippen molar-refractivity contribution in [2.24, 2.45) is 5.92 Å². The number of rotatable bonds is 30. The van der Waals surface area contributed by atoms with Gasteiger partial charge in [0.15, 0.2) is 0 Å². The summed E-state index contributed by atoms with van der Waals surface area (Å²) in [6.07, 6.45) is 15.5. The minimum absolute atomic E-state index is 0.000399. The summed E-state index contributed by atoms with van der Waals surface area (Å²) in [6, 6.07) is 0. The highest BCUT2D eigenvalue weighted by Gasteiger charge is 2.16. The van der Waals surface area contributed by atoms with Crippen molar-refractivity contribution in [3.63, 3.8) is 0 Å². The molecule has 0 aliphatic rings. The van der Waals surface area contributed by atoms with Gasteiger partial charge in [0, 0.05) is 6.42 Å². The molecule has 0 saturated carbocycles. The first kappa shape index (κ1) is 36.8. The lowest BCUT2D eigenvalue weighted by Gasteiger charge is -2.13. The second kappa shape index (κ2) is 30.3. The maximum Gasteiger partial charge on any atom is 0.308 e. The van der Waals surface area contributed by atoms with Crippen LogP contribution in [-0.2, 0) is 38.0 Å².